The van der Waals surface area contributed by atoms with E-state index in [1.54, 1.807) is 24.7 Å². The first kappa shape index (κ1) is 12.1. The second-order valence-corrected chi connectivity index (χ2v) is 3.82. The highest BCUT2D eigenvalue weighted by Gasteiger charge is 2.14. The lowest BCUT2D eigenvalue weighted by Gasteiger charge is -2.14. The van der Waals surface area contributed by atoms with Crippen LogP contribution in [0.25, 0.3) is 0 Å². The average Bonchev–Trinajstić information content (AvgIpc) is 2.86. The van der Waals surface area contributed by atoms with Crippen molar-refractivity contribution in [2.75, 3.05) is 5.32 Å². The van der Waals surface area contributed by atoms with Crippen molar-refractivity contribution >= 4 is 5.69 Å². The molecule has 0 saturated carbocycles. The Kier molecular flexibility index (Phi) is 3.58. The van der Waals surface area contributed by atoms with Gasteiger partial charge >= 0.3 is 0 Å². The molecule has 4 nitrogen and oxygen atoms in total. The molecular weight excluding hydrogens is 231 g/mol. The summed E-state index contributed by atoms with van der Waals surface area (Å²) in [5.41, 5.74) is 1.50. The molecule has 0 aliphatic rings. The zero-order valence-electron chi connectivity index (χ0n) is 9.97. The lowest BCUT2D eigenvalue weighted by atomic mass is 10.2. The largest absolute Gasteiger partial charge is 0.365 e. The van der Waals surface area contributed by atoms with Crippen LogP contribution in [0.4, 0.5) is 10.1 Å². The summed E-state index contributed by atoms with van der Waals surface area (Å²) in [5.74, 6) is -0.298. The molecular formula is C13H13FN4. The SMILES string of the molecule is CCn1cncc1C(C#N)Nc1ccc(F)cc1. The van der Waals surface area contributed by atoms with Crippen molar-refractivity contribution in [2.45, 2.75) is 19.5 Å². The van der Waals surface area contributed by atoms with Crippen LogP contribution in [0.5, 0.6) is 0 Å². The third-order valence-electron chi connectivity index (χ3n) is 2.67. The number of hydrogen-bond acceptors (Lipinski definition) is 3. The van der Waals surface area contributed by atoms with Gasteiger partial charge in [-0.3, -0.25) is 0 Å². The van der Waals surface area contributed by atoms with Gasteiger partial charge in [-0.15, -0.1) is 0 Å². The van der Waals surface area contributed by atoms with Crippen molar-refractivity contribution in [3.05, 3.63) is 48.3 Å². The Morgan fingerprint density at radius 2 is 2.17 bits per heavy atom. The standard InChI is InChI=1S/C13H13FN4/c1-2-18-9-16-8-13(18)12(7-15)17-11-5-3-10(14)4-6-11/h3-6,8-9,12,17H,2H2,1H3. The molecule has 2 rings (SSSR count). The summed E-state index contributed by atoms with van der Waals surface area (Å²) in [4.78, 5) is 4.03. The number of nitrogens with one attached hydrogen (secondary N) is 1. The van der Waals surface area contributed by atoms with E-state index in [1.165, 1.54) is 12.1 Å². The highest BCUT2D eigenvalue weighted by Crippen LogP contribution is 2.19. The maximum absolute atomic E-state index is 12.8. The Balaban J connectivity index is 2.20. The minimum Gasteiger partial charge on any atom is -0.365 e. The van der Waals surface area contributed by atoms with Crippen LogP contribution in [-0.2, 0) is 6.54 Å². The van der Waals surface area contributed by atoms with Gasteiger partial charge in [-0.05, 0) is 31.2 Å². The van der Waals surface area contributed by atoms with Crippen molar-refractivity contribution in [1.29, 1.82) is 5.26 Å². The van der Waals surface area contributed by atoms with E-state index in [1.807, 2.05) is 11.5 Å². The van der Waals surface area contributed by atoms with Gasteiger partial charge in [0.25, 0.3) is 0 Å². The van der Waals surface area contributed by atoms with Gasteiger partial charge in [0.2, 0.25) is 0 Å². The normalized spacial score (nSPS) is 11.8. The van der Waals surface area contributed by atoms with E-state index in [0.717, 1.165) is 12.2 Å². The van der Waals surface area contributed by atoms with E-state index >= 15 is 0 Å². The van der Waals surface area contributed by atoms with Crippen molar-refractivity contribution < 1.29 is 4.39 Å². The Hall–Kier alpha value is -2.35. The molecule has 1 unspecified atom stereocenters. The summed E-state index contributed by atoms with van der Waals surface area (Å²) in [6.07, 6.45) is 3.35. The fourth-order valence-electron chi connectivity index (χ4n) is 1.72. The number of aromatic nitrogens is 2. The molecule has 0 spiro atoms. The van der Waals surface area contributed by atoms with Crippen molar-refractivity contribution in [1.82, 2.24) is 9.55 Å². The molecule has 0 bridgehead atoms. The van der Waals surface area contributed by atoms with E-state index in [9.17, 15) is 9.65 Å². The molecule has 0 aliphatic carbocycles. The molecule has 92 valence electrons. The summed E-state index contributed by atoms with van der Waals surface area (Å²) in [6, 6.07) is 7.59. The third kappa shape index (κ3) is 2.48. The third-order valence-corrected chi connectivity index (χ3v) is 2.67. The highest BCUT2D eigenvalue weighted by atomic mass is 19.1. The number of anilines is 1. The van der Waals surface area contributed by atoms with Gasteiger partial charge in [0.05, 0.1) is 24.3 Å². The first-order chi connectivity index (χ1) is 8.74. The zero-order chi connectivity index (χ0) is 13.0. The number of imidazole rings is 1. The van der Waals surface area contributed by atoms with Gasteiger partial charge in [-0.1, -0.05) is 0 Å². The van der Waals surface area contributed by atoms with E-state index in [-0.39, 0.29) is 5.82 Å². The lowest BCUT2D eigenvalue weighted by molar-refractivity contribution is 0.628. The van der Waals surface area contributed by atoms with Crippen molar-refractivity contribution in [3.8, 4) is 6.07 Å². The second-order valence-electron chi connectivity index (χ2n) is 3.82. The molecule has 1 atom stereocenters. The van der Waals surface area contributed by atoms with Crippen LogP contribution in [-0.4, -0.2) is 9.55 Å². The van der Waals surface area contributed by atoms with E-state index < -0.39 is 6.04 Å². The molecule has 0 fully saturated rings. The number of benzene rings is 1. The van der Waals surface area contributed by atoms with Gasteiger partial charge in [-0.2, -0.15) is 5.26 Å². The molecule has 0 amide bonds. The minimum atomic E-state index is -0.502. The quantitative estimate of drug-likeness (QED) is 0.899. The maximum Gasteiger partial charge on any atom is 0.156 e. The van der Waals surface area contributed by atoms with Crippen LogP contribution in [0.1, 0.15) is 18.7 Å². The maximum atomic E-state index is 12.8. The summed E-state index contributed by atoms with van der Waals surface area (Å²) in [6.45, 7) is 2.73. The predicted molar refractivity (Wildman–Crippen MR) is 66.3 cm³/mol. The van der Waals surface area contributed by atoms with Crippen LogP contribution in [0.15, 0.2) is 36.8 Å². The number of halogens is 1. The van der Waals surface area contributed by atoms with Gasteiger partial charge in [0.1, 0.15) is 5.82 Å². The van der Waals surface area contributed by atoms with Crippen LogP contribution in [0.2, 0.25) is 0 Å². The van der Waals surface area contributed by atoms with Gasteiger partial charge < -0.3 is 9.88 Å². The van der Waals surface area contributed by atoms with E-state index in [0.29, 0.717) is 5.69 Å². The molecule has 1 heterocycles. The molecule has 1 N–H and O–H groups in total. The summed E-state index contributed by atoms with van der Waals surface area (Å²) < 4.78 is 14.7. The Labute approximate surface area is 105 Å². The van der Waals surface area contributed by atoms with Crippen LogP contribution in [0, 0.1) is 17.1 Å². The van der Waals surface area contributed by atoms with Gasteiger partial charge in [0.15, 0.2) is 6.04 Å². The molecule has 1 aromatic heterocycles. The van der Waals surface area contributed by atoms with Crippen LogP contribution in [0.3, 0.4) is 0 Å². The topological polar surface area (TPSA) is 53.6 Å². The summed E-state index contributed by atoms with van der Waals surface area (Å²) >= 11 is 0. The van der Waals surface area contributed by atoms with Gasteiger partial charge in [0, 0.05) is 12.2 Å². The van der Waals surface area contributed by atoms with E-state index in [4.69, 9.17) is 0 Å². The summed E-state index contributed by atoms with van der Waals surface area (Å²) in [7, 11) is 0. The Morgan fingerprint density at radius 3 is 2.78 bits per heavy atom. The molecule has 0 radical (unpaired) electrons. The highest BCUT2D eigenvalue weighted by molar-refractivity contribution is 5.46. The number of nitrogens with zero attached hydrogens (tertiary/aromatic N) is 3. The number of hydrogen-bond donors (Lipinski definition) is 1. The fourth-order valence-corrected chi connectivity index (χ4v) is 1.72. The Morgan fingerprint density at radius 1 is 1.44 bits per heavy atom. The van der Waals surface area contributed by atoms with Gasteiger partial charge in [-0.25, -0.2) is 9.37 Å². The zero-order valence-corrected chi connectivity index (χ0v) is 9.97. The average molecular weight is 244 g/mol. The Bertz CT molecular complexity index is 553. The van der Waals surface area contributed by atoms with Crippen LogP contribution < -0.4 is 5.32 Å². The second kappa shape index (κ2) is 5.32. The molecule has 18 heavy (non-hydrogen) atoms. The minimum absolute atomic E-state index is 0.298. The number of nitriles is 1. The molecule has 0 saturated heterocycles. The monoisotopic (exact) mass is 244 g/mol. The first-order valence-corrected chi connectivity index (χ1v) is 5.66. The van der Waals surface area contributed by atoms with Crippen molar-refractivity contribution in [2.24, 2.45) is 0 Å². The molecule has 1 aromatic carbocycles. The summed E-state index contributed by atoms with van der Waals surface area (Å²) in [5, 5.41) is 12.3. The molecule has 0 aliphatic heterocycles. The number of aryl methyl sites for hydroxylation is 1. The lowest BCUT2D eigenvalue weighted by Crippen LogP contribution is -2.13. The molecule has 5 heteroatoms. The van der Waals surface area contributed by atoms with Crippen LogP contribution >= 0.6 is 0 Å². The number of rotatable bonds is 4. The van der Waals surface area contributed by atoms with Crippen molar-refractivity contribution in [3.63, 3.8) is 0 Å². The fraction of sp³-hybridized carbons (Fsp3) is 0.231. The first-order valence-electron chi connectivity index (χ1n) is 5.66. The van der Waals surface area contributed by atoms with E-state index in [2.05, 4.69) is 16.4 Å². The predicted octanol–water partition coefficient (Wildman–Crippen LogP) is 2.72. The smallest absolute Gasteiger partial charge is 0.156 e. The molecule has 2 aromatic rings.